The normalized spacial score (nSPS) is 17.2. The van der Waals surface area contributed by atoms with Crippen LogP contribution in [0.3, 0.4) is 0 Å². The molecule has 0 aliphatic heterocycles. The van der Waals surface area contributed by atoms with E-state index in [1.165, 1.54) is 32.1 Å². The van der Waals surface area contributed by atoms with Gasteiger partial charge in [-0.3, -0.25) is 4.90 Å². The van der Waals surface area contributed by atoms with Gasteiger partial charge in [-0.15, -0.1) is 0 Å². The van der Waals surface area contributed by atoms with Crippen LogP contribution < -0.4 is 0 Å². The molecule has 0 unspecified atom stereocenters. The Hall–Kier alpha value is -1.06. The van der Waals surface area contributed by atoms with Gasteiger partial charge in [0.05, 0.1) is 17.6 Å². The molecule has 4 heteroatoms. The Morgan fingerprint density at radius 2 is 2.05 bits per heavy atom. The summed E-state index contributed by atoms with van der Waals surface area (Å²) in [7, 11) is 4.32. The third kappa shape index (κ3) is 2.70. The molecular formula is C16H22ClN3. The Kier molecular flexibility index (Phi) is 3.99. The first-order valence-corrected chi connectivity index (χ1v) is 7.84. The molecule has 108 valence electrons. The summed E-state index contributed by atoms with van der Waals surface area (Å²) in [5.74, 6) is 1.12. The van der Waals surface area contributed by atoms with E-state index in [1.54, 1.807) is 0 Å². The molecule has 0 amide bonds. The summed E-state index contributed by atoms with van der Waals surface area (Å²) in [5, 5.41) is 0.753. The summed E-state index contributed by atoms with van der Waals surface area (Å²) >= 11 is 6.05. The lowest BCUT2D eigenvalue weighted by Gasteiger charge is -2.30. The average molecular weight is 292 g/mol. The van der Waals surface area contributed by atoms with Crippen molar-refractivity contribution < 1.29 is 0 Å². The molecule has 20 heavy (non-hydrogen) atoms. The number of aryl methyl sites for hydroxylation is 1. The van der Waals surface area contributed by atoms with Gasteiger partial charge in [-0.2, -0.15) is 0 Å². The molecule has 2 aromatic rings. The minimum Gasteiger partial charge on any atom is -0.330 e. The van der Waals surface area contributed by atoms with E-state index in [2.05, 4.69) is 29.6 Å². The van der Waals surface area contributed by atoms with E-state index < -0.39 is 0 Å². The van der Waals surface area contributed by atoms with Crippen LogP contribution in [0.15, 0.2) is 18.2 Å². The van der Waals surface area contributed by atoms with E-state index in [-0.39, 0.29) is 0 Å². The van der Waals surface area contributed by atoms with Crippen molar-refractivity contribution in [3.8, 4) is 0 Å². The third-order valence-electron chi connectivity index (χ3n) is 4.52. The molecule has 1 heterocycles. The van der Waals surface area contributed by atoms with Crippen LogP contribution in [0.4, 0.5) is 0 Å². The third-order valence-corrected chi connectivity index (χ3v) is 4.76. The number of benzene rings is 1. The van der Waals surface area contributed by atoms with Crippen LogP contribution in [0, 0.1) is 0 Å². The zero-order valence-corrected chi connectivity index (χ0v) is 13.0. The second kappa shape index (κ2) is 5.74. The number of halogens is 1. The first-order valence-electron chi connectivity index (χ1n) is 7.46. The Morgan fingerprint density at radius 3 is 2.80 bits per heavy atom. The maximum absolute atomic E-state index is 6.05. The monoisotopic (exact) mass is 291 g/mol. The highest BCUT2D eigenvalue weighted by atomic mass is 35.5. The van der Waals surface area contributed by atoms with Crippen molar-refractivity contribution >= 4 is 22.6 Å². The second-order valence-electron chi connectivity index (χ2n) is 5.93. The van der Waals surface area contributed by atoms with E-state index in [0.29, 0.717) is 6.04 Å². The average Bonchev–Trinajstić information content (AvgIpc) is 2.75. The van der Waals surface area contributed by atoms with Crippen molar-refractivity contribution in [3.63, 3.8) is 0 Å². The first kappa shape index (κ1) is 13.9. The number of hydrogen-bond donors (Lipinski definition) is 0. The van der Waals surface area contributed by atoms with E-state index in [4.69, 9.17) is 16.6 Å². The Balaban J connectivity index is 1.81. The standard InChI is InChI=1S/C16H22ClN3/c1-19(13-6-4-3-5-7-13)11-16-18-14-10-12(17)8-9-15(14)20(16)2/h8-10,13H,3-7,11H2,1-2H3. The van der Waals surface area contributed by atoms with Crippen molar-refractivity contribution in [2.45, 2.75) is 44.7 Å². The van der Waals surface area contributed by atoms with Crippen LogP contribution in [0.1, 0.15) is 37.9 Å². The van der Waals surface area contributed by atoms with Crippen LogP contribution in [0.25, 0.3) is 11.0 Å². The molecular weight excluding hydrogens is 270 g/mol. The van der Waals surface area contributed by atoms with Gasteiger partial charge in [0.2, 0.25) is 0 Å². The van der Waals surface area contributed by atoms with Crippen molar-refractivity contribution in [1.82, 2.24) is 14.5 Å². The summed E-state index contributed by atoms with van der Waals surface area (Å²) in [6.45, 7) is 0.910. The van der Waals surface area contributed by atoms with Gasteiger partial charge in [-0.25, -0.2) is 4.98 Å². The van der Waals surface area contributed by atoms with E-state index in [1.807, 2.05) is 12.1 Å². The fourth-order valence-corrected chi connectivity index (χ4v) is 3.40. The van der Waals surface area contributed by atoms with Crippen LogP contribution in [-0.2, 0) is 13.6 Å². The molecule has 1 aromatic heterocycles. The largest absolute Gasteiger partial charge is 0.330 e. The Morgan fingerprint density at radius 1 is 1.30 bits per heavy atom. The number of hydrogen-bond acceptors (Lipinski definition) is 2. The molecule has 0 radical (unpaired) electrons. The Labute approximate surface area is 125 Å². The van der Waals surface area contributed by atoms with Gasteiger partial charge in [0, 0.05) is 18.1 Å². The van der Waals surface area contributed by atoms with Gasteiger partial charge in [-0.1, -0.05) is 30.9 Å². The van der Waals surface area contributed by atoms with Crippen molar-refractivity contribution in [2.24, 2.45) is 7.05 Å². The van der Waals surface area contributed by atoms with E-state index in [0.717, 1.165) is 28.4 Å². The van der Waals surface area contributed by atoms with Crippen LogP contribution in [0.2, 0.25) is 5.02 Å². The maximum atomic E-state index is 6.05. The van der Waals surface area contributed by atoms with Crippen LogP contribution in [-0.4, -0.2) is 27.5 Å². The van der Waals surface area contributed by atoms with Crippen molar-refractivity contribution in [1.29, 1.82) is 0 Å². The fraction of sp³-hybridized carbons (Fsp3) is 0.562. The molecule has 3 rings (SSSR count). The lowest BCUT2D eigenvalue weighted by molar-refractivity contribution is 0.179. The van der Waals surface area contributed by atoms with Gasteiger partial charge in [0.15, 0.2) is 0 Å². The molecule has 1 aliphatic carbocycles. The minimum absolute atomic E-state index is 0.715. The highest BCUT2D eigenvalue weighted by Gasteiger charge is 2.19. The quantitative estimate of drug-likeness (QED) is 0.852. The molecule has 1 aliphatic rings. The zero-order chi connectivity index (χ0) is 14.1. The molecule has 1 saturated carbocycles. The van der Waals surface area contributed by atoms with E-state index >= 15 is 0 Å². The van der Waals surface area contributed by atoms with E-state index in [9.17, 15) is 0 Å². The van der Waals surface area contributed by atoms with Gasteiger partial charge in [-0.05, 0) is 38.1 Å². The topological polar surface area (TPSA) is 21.1 Å². The maximum Gasteiger partial charge on any atom is 0.123 e. The first-order chi connectivity index (χ1) is 9.65. The smallest absolute Gasteiger partial charge is 0.123 e. The SMILES string of the molecule is CN(Cc1nc2cc(Cl)ccc2n1C)C1CCCCC1. The second-order valence-corrected chi connectivity index (χ2v) is 6.36. The van der Waals surface area contributed by atoms with Crippen LogP contribution in [0.5, 0.6) is 0 Å². The lowest BCUT2D eigenvalue weighted by atomic mass is 9.94. The minimum atomic E-state index is 0.715. The summed E-state index contributed by atoms with van der Waals surface area (Å²) in [5.41, 5.74) is 2.15. The lowest BCUT2D eigenvalue weighted by Crippen LogP contribution is -2.33. The highest BCUT2D eigenvalue weighted by molar-refractivity contribution is 6.31. The molecule has 0 N–H and O–H groups in total. The summed E-state index contributed by atoms with van der Waals surface area (Å²) < 4.78 is 2.19. The van der Waals surface area contributed by atoms with Crippen molar-refractivity contribution in [2.75, 3.05) is 7.05 Å². The van der Waals surface area contributed by atoms with Gasteiger partial charge >= 0.3 is 0 Å². The molecule has 0 atom stereocenters. The van der Waals surface area contributed by atoms with Crippen LogP contribution >= 0.6 is 11.6 Å². The zero-order valence-electron chi connectivity index (χ0n) is 12.3. The van der Waals surface area contributed by atoms with Gasteiger partial charge in [0.1, 0.15) is 5.82 Å². The summed E-state index contributed by atoms with van der Waals surface area (Å²) in [6.07, 6.45) is 6.79. The number of imidazole rings is 1. The van der Waals surface area contributed by atoms with Gasteiger partial charge in [0.25, 0.3) is 0 Å². The highest BCUT2D eigenvalue weighted by Crippen LogP contribution is 2.24. The molecule has 3 nitrogen and oxygen atoms in total. The molecule has 0 spiro atoms. The summed E-state index contributed by atoms with van der Waals surface area (Å²) in [4.78, 5) is 7.21. The Bertz CT molecular complexity index is 599. The van der Waals surface area contributed by atoms with Gasteiger partial charge < -0.3 is 4.57 Å². The predicted octanol–water partition coefficient (Wildman–Crippen LogP) is 3.99. The molecule has 0 saturated heterocycles. The molecule has 0 bridgehead atoms. The summed E-state index contributed by atoms with van der Waals surface area (Å²) in [6, 6.07) is 6.64. The predicted molar refractivity (Wildman–Crippen MR) is 84.1 cm³/mol. The van der Waals surface area contributed by atoms with Crippen molar-refractivity contribution in [3.05, 3.63) is 29.0 Å². The number of aromatic nitrogens is 2. The number of rotatable bonds is 3. The number of fused-ring (bicyclic) bond motifs is 1. The fourth-order valence-electron chi connectivity index (χ4n) is 3.24. The molecule has 1 fully saturated rings. The molecule has 1 aromatic carbocycles. The number of nitrogens with zero attached hydrogens (tertiary/aromatic N) is 3.